The highest BCUT2D eigenvalue weighted by molar-refractivity contribution is 7.93. The Morgan fingerprint density at radius 2 is 1.86 bits per heavy atom. The largest absolute Gasteiger partial charge is 0.497 e. The summed E-state index contributed by atoms with van der Waals surface area (Å²) in [6, 6.07) is 9.50. The fraction of sp³-hybridized carbons (Fsp3) is 0.364. The van der Waals surface area contributed by atoms with E-state index in [1.54, 1.807) is 49.7 Å². The second-order valence-electron chi connectivity index (χ2n) is 6.92. The summed E-state index contributed by atoms with van der Waals surface area (Å²) in [6.07, 6.45) is 4.88. The zero-order valence-electron chi connectivity index (χ0n) is 17.2. The quantitative estimate of drug-likeness (QED) is 0.456. The van der Waals surface area contributed by atoms with Crippen LogP contribution in [0, 0.1) is 0 Å². The van der Waals surface area contributed by atoms with Gasteiger partial charge in [-0.1, -0.05) is 17.7 Å². The van der Waals surface area contributed by atoms with Gasteiger partial charge in [-0.15, -0.1) is 0 Å². The van der Waals surface area contributed by atoms with Gasteiger partial charge in [0.1, 0.15) is 5.75 Å². The highest BCUT2D eigenvalue weighted by Crippen LogP contribution is 2.35. The molecule has 1 atom stereocenters. The number of aromatic nitrogens is 1. The predicted octanol–water partition coefficient (Wildman–Crippen LogP) is 3.76. The SMILES string of the molecule is CCOC(=O)C(CC=C(C)C)(Cc1cccnc1)S(=O)(=O)c1ccc(OC)cc1. The van der Waals surface area contributed by atoms with Gasteiger partial charge in [-0.3, -0.25) is 9.78 Å². The number of rotatable bonds is 9. The molecule has 0 fully saturated rings. The van der Waals surface area contributed by atoms with E-state index in [4.69, 9.17) is 9.47 Å². The van der Waals surface area contributed by atoms with Crippen molar-refractivity contribution < 1.29 is 22.7 Å². The molecule has 1 aromatic heterocycles. The summed E-state index contributed by atoms with van der Waals surface area (Å²) in [4.78, 5) is 17.3. The number of hydrogen-bond donors (Lipinski definition) is 0. The summed E-state index contributed by atoms with van der Waals surface area (Å²) in [5.74, 6) is -0.237. The Kier molecular flexibility index (Phi) is 7.56. The molecule has 0 N–H and O–H groups in total. The van der Waals surface area contributed by atoms with E-state index >= 15 is 0 Å². The Morgan fingerprint density at radius 1 is 1.17 bits per heavy atom. The van der Waals surface area contributed by atoms with Crippen LogP contribution in [0.15, 0.2) is 65.3 Å². The lowest BCUT2D eigenvalue weighted by atomic mass is 9.95. The van der Waals surface area contributed by atoms with E-state index in [-0.39, 0.29) is 24.3 Å². The van der Waals surface area contributed by atoms with Gasteiger partial charge < -0.3 is 9.47 Å². The first-order valence-electron chi connectivity index (χ1n) is 9.35. The number of allylic oxidation sites excluding steroid dienone is 2. The third-order valence-corrected chi connectivity index (χ3v) is 6.98. The summed E-state index contributed by atoms with van der Waals surface area (Å²) in [5.41, 5.74) is 1.55. The monoisotopic (exact) mass is 417 g/mol. The Morgan fingerprint density at radius 3 is 2.38 bits per heavy atom. The molecule has 0 aliphatic carbocycles. The van der Waals surface area contributed by atoms with Crippen LogP contribution in [0.2, 0.25) is 0 Å². The van der Waals surface area contributed by atoms with Crippen LogP contribution in [0.1, 0.15) is 32.8 Å². The van der Waals surface area contributed by atoms with E-state index in [1.165, 1.54) is 19.2 Å². The molecule has 6 nitrogen and oxygen atoms in total. The van der Waals surface area contributed by atoms with Crippen molar-refractivity contribution in [2.75, 3.05) is 13.7 Å². The number of methoxy groups -OCH3 is 1. The third-order valence-electron chi connectivity index (χ3n) is 4.58. The summed E-state index contributed by atoms with van der Waals surface area (Å²) in [7, 11) is -2.60. The fourth-order valence-electron chi connectivity index (χ4n) is 2.99. The fourth-order valence-corrected chi connectivity index (χ4v) is 4.87. The Bertz CT molecular complexity index is 948. The van der Waals surface area contributed by atoms with E-state index in [2.05, 4.69) is 4.98 Å². The summed E-state index contributed by atoms with van der Waals surface area (Å²) >= 11 is 0. The molecule has 156 valence electrons. The van der Waals surface area contributed by atoms with Crippen LogP contribution in [-0.4, -0.2) is 37.8 Å². The van der Waals surface area contributed by atoms with Crippen LogP contribution in [0.25, 0.3) is 0 Å². The Balaban J connectivity index is 2.69. The first-order valence-corrected chi connectivity index (χ1v) is 10.8. The number of ether oxygens (including phenoxy) is 2. The molecule has 7 heteroatoms. The normalized spacial score (nSPS) is 13.2. The van der Waals surface area contributed by atoms with Crippen molar-refractivity contribution in [1.29, 1.82) is 0 Å². The smallest absolute Gasteiger partial charge is 0.328 e. The van der Waals surface area contributed by atoms with Crippen molar-refractivity contribution in [1.82, 2.24) is 4.98 Å². The van der Waals surface area contributed by atoms with Gasteiger partial charge in [0.15, 0.2) is 14.6 Å². The van der Waals surface area contributed by atoms with Crippen LogP contribution in [0.3, 0.4) is 0 Å². The van der Waals surface area contributed by atoms with E-state index in [0.717, 1.165) is 5.57 Å². The third kappa shape index (κ3) is 5.03. The van der Waals surface area contributed by atoms with E-state index in [9.17, 15) is 13.2 Å². The maximum atomic E-state index is 13.8. The molecule has 0 amide bonds. The van der Waals surface area contributed by atoms with Gasteiger partial charge >= 0.3 is 5.97 Å². The number of pyridine rings is 1. The Hall–Kier alpha value is -2.67. The lowest BCUT2D eigenvalue weighted by molar-refractivity contribution is -0.146. The minimum atomic E-state index is -4.11. The molecule has 2 rings (SSSR count). The molecule has 1 unspecified atom stereocenters. The molecule has 0 aliphatic heterocycles. The lowest BCUT2D eigenvalue weighted by Gasteiger charge is -2.30. The molecule has 0 bridgehead atoms. The summed E-state index contributed by atoms with van der Waals surface area (Å²) in [6.45, 7) is 5.47. The van der Waals surface area contributed by atoms with Crippen molar-refractivity contribution in [3.8, 4) is 5.75 Å². The van der Waals surface area contributed by atoms with Crippen molar-refractivity contribution in [2.45, 2.75) is 43.3 Å². The van der Waals surface area contributed by atoms with Crippen molar-refractivity contribution in [3.63, 3.8) is 0 Å². The second kappa shape index (κ2) is 9.69. The average molecular weight is 418 g/mol. The minimum absolute atomic E-state index is 0.00256. The molecular formula is C22H27NO5S. The highest BCUT2D eigenvalue weighted by atomic mass is 32.2. The topological polar surface area (TPSA) is 82.6 Å². The average Bonchev–Trinajstić information content (AvgIpc) is 2.71. The lowest BCUT2D eigenvalue weighted by Crippen LogP contribution is -2.49. The molecular weight excluding hydrogens is 390 g/mol. The first kappa shape index (κ1) is 22.6. The number of nitrogens with zero attached hydrogens (tertiary/aromatic N) is 1. The number of benzene rings is 1. The van der Waals surface area contributed by atoms with E-state index in [1.807, 2.05) is 13.8 Å². The van der Waals surface area contributed by atoms with Crippen molar-refractivity contribution in [3.05, 3.63) is 66.0 Å². The molecule has 29 heavy (non-hydrogen) atoms. The van der Waals surface area contributed by atoms with Crippen molar-refractivity contribution in [2.24, 2.45) is 0 Å². The second-order valence-corrected chi connectivity index (χ2v) is 9.18. The molecule has 0 saturated carbocycles. The summed E-state index contributed by atoms with van der Waals surface area (Å²) < 4.78 is 36.2. The van der Waals surface area contributed by atoms with Gasteiger partial charge in [0.25, 0.3) is 0 Å². The van der Waals surface area contributed by atoms with Gasteiger partial charge in [-0.25, -0.2) is 8.42 Å². The molecule has 0 aliphatic rings. The minimum Gasteiger partial charge on any atom is -0.497 e. The number of sulfone groups is 1. The number of hydrogen-bond acceptors (Lipinski definition) is 6. The van der Waals surface area contributed by atoms with Gasteiger partial charge in [-0.05, 0) is 63.1 Å². The van der Waals surface area contributed by atoms with Crippen LogP contribution < -0.4 is 4.74 Å². The van der Waals surface area contributed by atoms with Crippen molar-refractivity contribution >= 4 is 15.8 Å². The number of esters is 1. The number of carbonyl (C=O) groups is 1. The Labute approximate surface area is 172 Å². The first-order chi connectivity index (χ1) is 13.8. The van der Waals surface area contributed by atoms with E-state index < -0.39 is 20.6 Å². The zero-order chi connectivity index (χ0) is 21.5. The van der Waals surface area contributed by atoms with Crippen LogP contribution >= 0.6 is 0 Å². The van der Waals surface area contributed by atoms with Gasteiger partial charge in [-0.2, -0.15) is 0 Å². The number of carbonyl (C=O) groups excluding carboxylic acids is 1. The molecule has 2 aromatic rings. The van der Waals surface area contributed by atoms with Gasteiger partial charge in [0.2, 0.25) is 0 Å². The molecule has 0 saturated heterocycles. The molecule has 1 heterocycles. The summed E-state index contributed by atoms with van der Waals surface area (Å²) in [5, 5.41) is 0. The van der Waals surface area contributed by atoms with Gasteiger partial charge in [0.05, 0.1) is 18.6 Å². The molecule has 1 aromatic carbocycles. The van der Waals surface area contributed by atoms with Crippen LogP contribution in [0.4, 0.5) is 0 Å². The van der Waals surface area contributed by atoms with Crippen LogP contribution in [0.5, 0.6) is 5.75 Å². The zero-order valence-corrected chi connectivity index (χ0v) is 18.0. The molecule has 0 spiro atoms. The maximum Gasteiger partial charge on any atom is 0.328 e. The van der Waals surface area contributed by atoms with E-state index in [0.29, 0.717) is 11.3 Å². The predicted molar refractivity (Wildman–Crippen MR) is 112 cm³/mol. The molecule has 0 radical (unpaired) electrons. The standard InChI is InChI=1S/C22H27NO5S/c1-5-28-21(24)22(13-12-17(2)3,15-18-7-6-14-23-16-18)29(25,26)20-10-8-19(27-4)9-11-20/h6-12,14,16H,5,13,15H2,1-4H3. The van der Waals surface area contributed by atoms with Crippen LogP contribution in [-0.2, 0) is 25.8 Å². The van der Waals surface area contributed by atoms with Gasteiger partial charge in [0, 0.05) is 18.8 Å². The highest BCUT2D eigenvalue weighted by Gasteiger charge is 2.52. The maximum absolute atomic E-state index is 13.8.